The number of ether oxygens (including phenoxy) is 1. The van der Waals surface area contributed by atoms with Gasteiger partial charge in [0.1, 0.15) is 5.75 Å². The third-order valence-electron chi connectivity index (χ3n) is 2.22. The van der Waals surface area contributed by atoms with Gasteiger partial charge in [0.2, 0.25) is 5.95 Å². The topological polar surface area (TPSA) is 22.1 Å². The molecule has 0 bridgehead atoms. The molecule has 2 rings (SSSR count). The fraction of sp³-hybridized carbons (Fsp3) is 0.0833. The molecule has 0 aliphatic rings. The summed E-state index contributed by atoms with van der Waals surface area (Å²) in [5.41, 5.74) is 1.04. The smallest absolute Gasteiger partial charge is 0.406 e. The van der Waals surface area contributed by atoms with Gasteiger partial charge in [-0.15, -0.1) is 13.2 Å². The van der Waals surface area contributed by atoms with E-state index in [1.165, 1.54) is 24.4 Å². The molecule has 1 aromatic carbocycles. The van der Waals surface area contributed by atoms with Gasteiger partial charge in [0.05, 0.1) is 5.02 Å². The van der Waals surface area contributed by atoms with Crippen LogP contribution < -0.4 is 4.74 Å². The molecule has 1 aromatic heterocycles. The van der Waals surface area contributed by atoms with E-state index in [-0.39, 0.29) is 10.8 Å². The summed E-state index contributed by atoms with van der Waals surface area (Å²) in [6.07, 6.45) is -3.50. The molecule has 0 atom stereocenters. The third kappa shape index (κ3) is 3.57. The van der Waals surface area contributed by atoms with Gasteiger partial charge in [-0.25, -0.2) is 4.98 Å². The van der Waals surface area contributed by atoms with Crippen molar-refractivity contribution in [1.29, 1.82) is 0 Å². The minimum absolute atomic E-state index is 0.159. The lowest BCUT2D eigenvalue weighted by molar-refractivity contribution is -0.274. The molecule has 0 spiro atoms. The molecule has 0 unspecified atom stereocenters. The molecule has 0 saturated carbocycles. The van der Waals surface area contributed by atoms with E-state index in [9.17, 15) is 17.6 Å². The predicted molar refractivity (Wildman–Crippen MR) is 61.3 cm³/mol. The fourth-order valence-electron chi connectivity index (χ4n) is 1.43. The van der Waals surface area contributed by atoms with E-state index in [0.717, 1.165) is 12.1 Å². The maximum atomic E-state index is 12.9. The summed E-state index contributed by atoms with van der Waals surface area (Å²) in [6, 6.07) is 6.43. The van der Waals surface area contributed by atoms with Gasteiger partial charge in [0.15, 0.2) is 0 Å². The standard InChI is InChI=1S/C12H6ClF4NO/c13-10-5-8(6-18-11(10)14)7-1-3-9(4-2-7)19-12(15,16)17/h1-6H. The van der Waals surface area contributed by atoms with Crippen molar-refractivity contribution in [3.8, 4) is 16.9 Å². The van der Waals surface area contributed by atoms with Crippen molar-refractivity contribution in [2.75, 3.05) is 0 Å². The number of benzene rings is 1. The van der Waals surface area contributed by atoms with Crippen molar-refractivity contribution in [3.63, 3.8) is 0 Å². The molecular formula is C12H6ClF4NO. The Hall–Kier alpha value is -1.82. The average Bonchev–Trinajstić information content (AvgIpc) is 2.32. The Kier molecular flexibility index (Phi) is 3.61. The van der Waals surface area contributed by atoms with E-state index >= 15 is 0 Å². The molecule has 19 heavy (non-hydrogen) atoms. The third-order valence-corrected chi connectivity index (χ3v) is 2.48. The van der Waals surface area contributed by atoms with Crippen molar-refractivity contribution in [1.82, 2.24) is 4.98 Å². The Morgan fingerprint density at radius 3 is 2.21 bits per heavy atom. The largest absolute Gasteiger partial charge is 0.573 e. The molecule has 0 radical (unpaired) electrons. The summed E-state index contributed by atoms with van der Waals surface area (Å²) in [6.45, 7) is 0. The molecule has 2 aromatic rings. The van der Waals surface area contributed by atoms with Crippen LogP contribution in [0.2, 0.25) is 5.02 Å². The normalized spacial score (nSPS) is 11.4. The summed E-state index contributed by atoms with van der Waals surface area (Å²) in [5.74, 6) is -1.14. The van der Waals surface area contributed by atoms with Crippen molar-refractivity contribution >= 4 is 11.6 Å². The second kappa shape index (κ2) is 5.05. The van der Waals surface area contributed by atoms with E-state index < -0.39 is 12.3 Å². The highest BCUT2D eigenvalue weighted by molar-refractivity contribution is 6.30. The highest BCUT2D eigenvalue weighted by Crippen LogP contribution is 2.27. The zero-order valence-corrected chi connectivity index (χ0v) is 9.97. The molecule has 1 heterocycles. The van der Waals surface area contributed by atoms with Crippen LogP contribution in [0.15, 0.2) is 36.5 Å². The van der Waals surface area contributed by atoms with E-state index in [0.29, 0.717) is 11.1 Å². The quantitative estimate of drug-likeness (QED) is 0.603. The number of nitrogens with zero attached hydrogens (tertiary/aromatic N) is 1. The van der Waals surface area contributed by atoms with E-state index in [1.807, 2.05) is 0 Å². The van der Waals surface area contributed by atoms with Gasteiger partial charge in [0.25, 0.3) is 0 Å². The summed E-state index contributed by atoms with van der Waals surface area (Å²) in [4.78, 5) is 3.43. The van der Waals surface area contributed by atoms with E-state index in [1.54, 1.807) is 0 Å². The van der Waals surface area contributed by atoms with Gasteiger partial charge >= 0.3 is 6.36 Å². The van der Waals surface area contributed by atoms with Crippen LogP contribution in [0.5, 0.6) is 5.75 Å². The SMILES string of the molecule is Fc1ncc(-c2ccc(OC(F)(F)F)cc2)cc1Cl. The van der Waals surface area contributed by atoms with Gasteiger partial charge in [-0.1, -0.05) is 23.7 Å². The molecule has 0 amide bonds. The van der Waals surface area contributed by atoms with Crippen molar-refractivity contribution in [2.24, 2.45) is 0 Å². The van der Waals surface area contributed by atoms with Crippen molar-refractivity contribution < 1.29 is 22.3 Å². The highest BCUT2D eigenvalue weighted by atomic mass is 35.5. The zero-order chi connectivity index (χ0) is 14.0. The summed E-state index contributed by atoms with van der Waals surface area (Å²) in [7, 11) is 0. The highest BCUT2D eigenvalue weighted by Gasteiger charge is 2.30. The minimum Gasteiger partial charge on any atom is -0.406 e. The first-order valence-electron chi connectivity index (χ1n) is 5.02. The fourth-order valence-corrected chi connectivity index (χ4v) is 1.59. The second-order valence-corrected chi connectivity index (χ2v) is 3.98. The average molecular weight is 292 g/mol. The van der Waals surface area contributed by atoms with Crippen LogP contribution in [-0.2, 0) is 0 Å². The van der Waals surface area contributed by atoms with Gasteiger partial charge in [-0.05, 0) is 23.8 Å². The molecule has 0 aliphatic heterocycles. The minimum atomic E-state index is -4.73. The predicted octanol–water partition coefficient (Wildman–Crippen LogP) is 4.44. The lowest BCUT2D eigenvalue weighted by Crippen LogP contribution is -2.16. The number of hydrogen-bond acceptors (Lipinski definition) is 2. The monoisotopic (exact) mass is 291 g/mol. The number of hydrogen-bond donors (Lipinski definition) is 0. The Morgan fingerprint density at radius 2 is 1.68 bits per heavy atom. The van der Waals surface area contributed by atoms with Crippen LogP contribution in [-0.4, -0.2) is 11.3 Å². The van der Waals surface area contributed by atoms with Crippen LogP contribution in [0.4, 0.5) is 17.6 Å². The Bertz CT molecular complexity index is 583. The van der Waals surface area contributed by atoms with Gasteiger partial charge in [-0.3, -0.25) is 0 Å². The number of rotatable bonds is 2. The zero-order valence-electron chi connectivity index (χ0n) is 9.21. The van der Waals surface area contributed by atoms with Crippen LogP contribution in [0.1, 0.15) is 0 Å². The molecular weight excluding hydrogens is 286 g/mol. The van der Waals surface area contributed by atoms with Crippen molar-refractivity contribution in [3.05, 3.63) is 47.5 Å². The second-order valence-electron chi connectivity index (χ2n) is 3.57. The Morgan fingerprint density at radius 1 is 1.05 bits per heavy atom. The van der Waals surface area contributed by atoms with E-state index in [2.05, 4.69) is 9.72 Å². The first-order valence-corrected chi connectivity index (χ1v) is 5.40. The lowest BCUT2D eigenvalue weighted by Gasteiger charge is -2.09. The molecule has 0 N–H and O–H groups in total. The Labute approximate surface area is 110 Å². The number of halogens is 5. The maximum Gasteiger partial charge on any atom is 0.573 e. The first-order chi connectivity index (χ1) is 8.85. The molecule has 100 valence electrons. The van der Waals surface area contributed by atoms with Crippen LogP contribution >= 0.6 is 11.6 Å². The summed E-state index contributed by atoms with van der Waals surface area (Å²) >= 11 is 5.57. The molecule has 2 nitrogen and oxygen atoms in total. The number of alkyl halides is 3. The Balaban J connectivity index is 2.25. The van der Waals surface area contributed by atoms with E-state index in [4.69, 9.17) is 11.6 Å². The van der Waals surface area contributed by atoms with Crippen LogP contribution in [0, 0.1) is 5.95 Å². The maximum absolute atomic E-state index is 12.9. The molecule has 0 saturated heterocycles. The van der Waals surface area contributed by atoms with Crippen LogP contribution in [0.25, 0.3) is 11.1 Å². The molecule has 7 heteroatoms. The summed E-state index contributed by atoms with van der Waals surface area (Å²) in [5, 5.41) is -0.159. The van der Waals surface area contributed by atoms with Gasteiger partial charge < -0.3 is 4.74 Å². The van der Waals surface area contributed by atoms with Gasteiger partial charge in [0, 0.05) is 11.8 Å². The molecule has 0 fully saturated rings. The first kappa shape index (κ1) is 13.6. The van der Waals surface area contributed by atoms with Crippen LogP contribution in [0.3, 0.4) is 0 Å². The van der Waals surface area contributed by atoms with Gasteiger partial charge in [-0.2, -0.15) is 4.39 Å². The molecule has 0 aliphatic carbocycles. The number of aromatic nitrogens is 1. The summed E-state index contributed by atoms with van der Waals surface area (Å²) < 4.78 is 52.5. The number of pyridine rings is 1. The van der Waals surface area contributed by atoms with Crippen molar-refractivity contribution in [2.45, 2.75) is 6.36 Å². The lowest BCUT2D eigenvalue weighted by atomic mass is 10.1.